The third kappa shape index (κ3) is 2.55. The summed E-state index contributed by atoms with van der Waals surface area (Å²) in [6, 6.07) is 7.40. The molecule has 1 radical (unpaired) electrons. The van der Waals surface area contributed by atoms with Crippen molar-refractivity contribution < 1.29 is 4.79 Å². The second-order valence-corrected chi connectivity index (χ2v) is 3.01. The number of benzene rings is 1. The molecule has 0 aliphatic carbocycles. The van der Waals surface area contributed by atoms with Gasteiger partial charge in [0.1, 0.15) is 0 Å². The van der Waals surface area contributed by atoms with E-state index in [1.54, 1.807) is 19.5 Å². The zero-order valence-electron chi connectivity index (χ0n) is 6.75. The largest absolute Gasteiger partial charge is 0.333 e. The standard InChI is InChI=1S/C9H9ClNO/c1-11(7-12)6-8-3-2-4-9(10)5-8/h2-5H,6H2,1H3. The average Bonchev–Trinajstić information content (AvgIpc) is 2.04. The first-order valence-electron chi connectivity index (χ1n) is 3.56. The van der Waals surface area contributed by atoms with E-state index in [0.717, 1.165) is 5.56 Å². The summed E-state index contributed by atoms with van der Waals surface area (Å²) in [5.41, 5.74) is 1.01. The molecule has 0 unspecified atom stereocenters. The van der Waals surface area contributed by atoms with Crippen LogP contribution in [0.2, 0.25) is 5.02 Å². The van der Waals surface area contributed by atoms with Crippen molar-refractivity contribution >= 4 is 18.0 Å². The molecule has 63 valence electrons. The van der Waals surface area contributed by atoms with Gasteiger partial charge in [-0.25, -0.2) is 0 Å². The minimum atomic E-state index is 0.546. The molecule has 0 saturated carbocycles. The normalized spacial score (nSPS) is 9.50. The van der Waals surface area contributed by atoms with Gasteiger partial charge in [-0.1, -0.05) is 23.7 Å². The second kappa shape index (κ2) is 4.12. The van der Waals surface area contributed by atoms with Crippen molar-refractivity contribution in [2.24, 2.45) is 0 Å². The lowest BCUT2D eigenvalue weighted by atomic mass is 10.2. The molecular weight excluding hydrogens is 174 g/mol. The molecule has 3 heteroatoms. The first-order valence-corrected chi connectivity index (χ1v) is 3.93. The fraction of sp³-hybridized carbons (Fsp3) is 0.222. The van der Waals surface area contributed by atoms with Crippen LogP contribution in [0, 0.1) is 0 Å². The van der Waals surface area contributed by atoms with Gasteiger partial charge in [-0.15, -0.1) is 0 Å². The van der Waals surface area contributed by atoms with Crippen LogP contribution in [-0.2, 0) is 11.3 Å². The SMILES string of the molecule is CN([C]=O)Cc1cccc(Cl)c1. The molecule has 0 atom stereocenters. The molecule has 0 saturated heterocycles. The highest BCUT2D eigenvalue weighted by molar-refractivity contribution is 6.30. The van der Waals surface area contributed by atoms with E-state index in [9.17, 15) is 4.79 Å². The maximum absolute atomic E-state index is 10.2. The fourth-order valence-corrected chi connectivity index (χ4v) is 1.15. The van der Waals surface area contributed by atoms with Crippen LogP contribution in [0.4, 0.5) is 0 Å². The lowest BCUT2D eigenvalue weighted by Crippen LogP contribution is -2.14. The van der Waals surface area contributed by atoms with Crippen molar-refractivity contribution in [3.05, 3.63) is 34.9 Å². The van der Waals surface area contributed by atoms with Crippen LogP contribution >= 0.6 is 11.6 Å². The molecule has 12 heavy (non-hydrogen) atoms. The van der Waals surface area contributed by atoms with Crippen molar-refractivity contribution in [2.45, 2.75) is 6.54 Å². The highest BCUT2D eigenvalue weighted by Crippen LogP contribution is 2.11. The summed E-state index contributed by atoms with van der Waals surface area (Å²) in [5.74, 6) is 0. The van der Waals surface area contributed by atoms with Gasteiger partial charge in [0.15, 0.2) is 0 Å². The summed E-state index contributed by atoms with van der Waals surface area (Å²) in [7, 11) is 1.67. The van der Waals surface area contributed by atoms with E-state index in [4.69, 9.17) is 11.6 Å². The highest BCUT2D eigenvalue weighted by atomic mass is 35.5. The summed E-state index contributed by atoms with van der Waals surface area (Å²) in [4.78, 5) is 11.6. The smallest absolute Gasteiger partial charge is 0.312 e. The van der Waals surface area contributed by atoms with E-state index in [1.807, 2.05) is 18.2 Å². The molecule has 0 bridgehead atoms. The number of hydrogen-bond donors (Lipinski definition) is 0. The number of carbonyl (C=O) groups excluding carboxylic acids is 1. The van der Waals surface area contributed by atoms with Crippen molar-refractivity contribution in [3.8, 4) is 0 Å². The molecule has 0 aliphatic heterocycles. The van der Waals surface area contributed by atoms with Crippen LogP contribution in [-0.4, -0.2) is 18.4 Å². The molecule has 0 N–H and O–H groups in total. The summed E-state index contributed by atoms with van der Waals surface area (Å²) in [6.07, 6.45) is 1.77. The first kappa shape index (κ1) is 9.07. The van der Waals surface area contributed by atoms with E-state index >= 15 is 0 Å². The van der Waals surface area contributed by atoms with Crippen LogP contribution < -0.4 is 0 Å². The number of amides is 1. The van der Waals surface area contributed by atoms with Crippen LogP contribution in [0.3, 0.4) is 0 Å². The predicted molar refractivity (Wildman–Crippen MR) is 48.6 cm³/mol. The van der Waals surface area contributed by atoms with Crippen molar-refractivity contribution in [2.75, 3.05) is 7.05 Å². The Balaban J connectivity index is 2.69. The third-order valence-electron chi connectivity index (χ3n) is 1.46. The minimum Gasteiger partial charge on any atom is -0.333 e. The van der Waals surface area contributed by atoms with E-state index in [2.05, 4.69) is 0 Å². The third-order valence-corrected chi connectivity index (χ3v) is 1.70. The Morgan fingerprint density at radius 2 is 2.33 bits per heavy atom. The number of nitrogens with zero attached hydrogens (tertiary/aromatic N) is 1. The topological polar surface area (TPSA) is 20.3 Å². The Hall–Kier alpha value is -1.02. The molecule has 1 rings (SSSR count). The Morgan fingerprint density at radius 3 is 2.92 bits per heavy atom. The van der Waals surface area contributed by atoms with Gasteiger partial charge in [-0.2, -0.15) is 0 Å². The highest BCUT2D eigenvalue weighted by Gasteiger charge is 1.97. The predicted octanol–water partition coefficient (Wildman–Crippen LogP) is 1.84. The molecule has 0 aromatic heterocycles. The molecule has 0 heterocycles. The monoisotopic (exact) mass is 182 g/mol. The summed E-state index contributed by atoms with van der Waals surface area (Å²) >= 11 is 5.75. The zero-order valence-corrected chi connectivity index (χ0v) is 7.51. The molecular formula is C9H9ClNO. The average molecular weight is 183 g/mol. The summed E-state index contributed by atoms with van der Waals surface area (Å²) in [6.45, 7) is 0.546. The number of rotatable bonds is 3. The maximum Gasteiger partial charge on any atom is 0.312 e. The second-order valence-electron chi connectivity index (χ2n) is 2.58. The van der Waals surface area contributed by atoms with Crippen LogP contribution in [0.25, 0.3) is 0 Å². The van der Waals surface area contributed by atoms with Crippen molar-refractivity contribution in [3.63, 3.8) is 0 Å². The van der Waals surface area contributed by atoms with E-state index in [0.29, 0.717) is 11.6 Å². The Labute approximate surface area is 76.8 Å². The van der Waals surface area contributed by atoms with Gasteiger partial charge in [-0.3, -0.25) is 4.79 Å². The Bertz CT molecular complexity index is 275. The number of hydrogen-bond acceptors (Lipinski definition) is 1. The quantitative estimate of drug-likeness (QED) is 0.654. The van der Waals surface area contributed by atoms with Crippen LogP contribution in [0.15, 0.2) is 24.3 Å². The minimum absolute atomic E-state index is 0.546. The van der Waals surface area contributed by atoms with Crippen molar-refractivity contribution in [1.82, 2.24) is 4.90 Å². The van der Waals surface area contributed by atoms with E-state index in [1.165, 1.54) is 4.90 Å². The van der Waals surface area contributed by atoms with Gasteiger partial charge >= 0.3 is 6.41 Å². The summed E-state index contributed by atoms with van der Waals surface area (Å²) < 4.78 is 0. The maximum atomic E-state index is 10.2. The molecule has 1 amide bonds. The molecule has 0 spiro atoms. The Morgan fingerprint density at radius 1 is 1.58 bits per heavy atom. The fourth-order valence-electron chi connectivity index (χ4n) is 0.941. The molecule has 1 aromatic rings. The van der Waals surface area contributed by atoms with Gasteiger partial charge in [-0.05, 0) is 17.7 Å². The number of halogens is 1. The molecule has 0 fully saturated rings. The first-order chi connectivity index (χ1) is 5.72. The van der Waals surface area contributed by atoms with Crippen LogP contribution in [0.5, 0.6) is 0 Å². The zero-order chi connectivity index (χ0) is 8.97. The van der Waals surface area contributed by atoms with E-state index < -0.39 is 0 Å². The molecule has 0 aliphatic rings. The molecule has 2 nitrogen and oxygen atoms in total. The van der Waals surface area contributed by atoms with Gasteiger partial charge in [0.2, 0.25) is 0 Å². The van der Waals surface area contributed by atoms with Gasteiger partial charge in [0.25, 0.3) is 0 Å². The van der Waals surface area contributed by atoms with Gasteiger partial charge in [0.05, 0.1) is 0 Å². The van der Waals surface area contributed by atoms with Crippen LogP contribution in [0.1, 0.15) is 5.56 Å². The summed E-state index contributed by atoms with van der Waals surface area (Å²) in [5, 5.41) is 0.687. The van der Waals surface area contributed by atoms with Gasteiger partial charge < -0.3 is 4.90 Å². The molecule has 1 aromatic carbocycles. The Kier molecular flexibility index (Phi) is 3.11. The van der Waals surface area contributed by atoms with Gasteiger partial charge in [0, 0.05) is 18.6 Å². The van der Waals surface area contributed by atoms with Crippen molar-refractivity contribution in [1.29, 1.82) is 0 Å². The van der Waals surface area contributed by atoms with E-state index in [-0.39, 0.29) is 0 Å². The lowest BCUT2D eigenvalue weighted by molar-refractivity contribution is 0.430. The lowest BCUT2D eigenvalue weighted by Gasteiger charge is -2.08.